The Morgan fingerprint density at radius 2 is 1.84 bits per heavy atom. The summed E-state index contributed by atoms with van der Waals surface area (Å²) >= 11 is 0. The third-order valence-corrected chi connectivity index (χ3v) is 3.06. The van der Waals surface area contributed by atoms with E-state index >= 15 is 0 Å². The molecule has 0 N–H and O–H groups in total. The van der Waals surface area contributed by atoms with Gasteiger partial charge in [0.25, 0.3) is 0 Å². The van der Waals surface area contributed by atoms with E-state index in [0.717, 1.165) is 22.2 Å². The highest BCUT2D eigenvalue weighted by molar-refractivity contribution is 5.91. The predicted molar refractivity (Wildman–Crippen MR) is 72.5 cm³/mol. The molecule has 1 heterocycles. The zero-order chi connectivity index (χ0) is 13.2. The van der Waals surface area contributed by atoms with E-state index in [1.54, 1.807) is 14.2 Å². The molecule has 0 spiro atoms. The summed E-state index contributed by atoms with van der Waals surface area (Å²) in [6.45, 7) is 0. The van der Waals surface area contributed by atoms with E-state index in [-0.39, 0.29) is 0 Å². The second kappa shape index (κ2) is 4.65. The standard InChI is InChI=1S/C15H13NO3/c1-17-12-7-6-10(8-14(12)18-2)11-4-3-5-13-15(11)16-9-19-13/h3-9H,1-2H3. The van der Waals surface area contributed by atoms with Crippen LogP contribution in [0.15, 0.2) is 47.2 Å². The molecule has 4 heteroatoms. The fourth-order valence-corrected chi connectivity index (χ4v) is 2.12. The molecular weight excluding hydrogens is 242 g/mol. The molecule has 1 aromatic heterocycles. The Hall–Kier alpha value is -2.49. The van der Waals surface area contributed by atoms with E-state index in [0.29, 0.717) is 11.5 Å². The van der Waals surface area contributed by atoms with Gasteiger partial charge in [0.2, 0.25) is 0 Å². The minimum atomic E-state index is 0.695. The summed E-state index contributed by atoms with van der Waals surface area (Å²) < 4.78 is 15.9. The lowest BCUT2D eigenvalue weighted by molar-refractivity contribution is 0.355. The Balaban J connectivity index is 2.19. The highest BCUT2D eigenvalue weighted by Crippen LogP contribution is 2.34. The monoisotopic (exact) mass is 255 g/mol. The lowest BCUT2D eigenvalue weighted by Crippen LogP contribution is -1.91. The van der Waals surface area contributed by atoms with Crippen molar-refractivity contribution in [2.45, 2.75) is 0 Å². The molecule has 0 aliphatic heterocycles. The first-order valence-corrected chi connectivity index (χ1v) is 5.88. The largest absolute Gasteiger partial charge is 0.493 e. The SMILES string of the molecule is COc1ccc(-c2cccc3ocnc23)cc1OC. The van der Waals surface area contributed by atoms with Crippen LogP contribution in [0.5, 0.6) is 11.5 Å². The highest BCUT2D eigenvalue weighted by atomic mass is 16.5. The van der Waals surface area contributed by atoms with Crippen LogP contribution in [-0.2, 0) is 0 Å². The smallest absolute Gasteiger partial charge is 0.182 e. The summed E-state index contributed by atoms with van der Waals surface area (Å²) in [6, 6.07) is 11.6. The Bertz CT molecular complexity index is 718. The molecule has 0 bridgehead atoms. The molecule has 0 saturated heterocycles. The van der Waals surface area contributed by atoms with Crippen molar-refractivity contribution >= 4 is 11.1 Å². The number of fused-ring (bicyclic) bond motifs is 1. The van der Waals surface area contributed by atoms with Crippen LogP contribution in [0.4, 0.5) is 0 Å². The number of rotatable bonds is 3. The Labute approximate surface area is 110 Å². The summed E-state index contributed by atoms with van der Waals surface area (Å²) in [5.74, 6) is 1.40. The molecule has 96 valence electrons. The van der Waals surface area contributed by atoms with Gasteiger partial charge in [0.15, 0.2) is 23.5 Å². The lowest BCUT2D eigenvalue weighted by Gasteiger charge is -2.09. The number of aromatic nitrogens is 1. The van der Waals surface area contributed by atoms with Gasteiger partial charge < -0.3 is 13.9 Å². The molecule has 0 aliphatic carbocycles. The summed E-state index contributed by atoms with van der Waals surface area (Å²) in [5.41, 5.74) is 3.63. The molecule has 2 aromatic carbocycles. The second-order valence-electron chi connectivity index (χ2n) is 4.07. The van der Waals surface area contributed by atoms with E-state index in [1.165, 1.54) is 6.39 Å². The molecule has 0 radical (unpaired) electrons. The first-order chi connectivity index (χ1) is 9.33. The summed E-state index contributed by atoms with van der Waals surface area (Å²) in [4.78, 5) is 4.25. The number of nitrogens with zero attached hydrogens (tertiary/aromatic N) is 1. The van der Waals surface area contributed by atoms with Gasteiger partial charge in [-0.25, -0.2) is 4.98 Å². The van der Waals surface area contributed by atoms with Gasteiger partial charge in [-0.3, -0.25) is 0 Å². The van der Waals surface area contributed by atoms with Gasteiger partial charge in [0.1, 0.15) is 5.52 Å². The molecule has 0 aliphatic rings. The zero-order valence-electron chi connectivity index (χ0n) is 10.7. The number of para-hydroxylation sites is 1. The minimum absolute atomic E-state index is 0.695. The van der Waals surface area contributed by atoms with Crippen LogP contribution < -0.4 is 9.47 Å². The van der Waals surface area contributed by atoms with Crippen molar-refractivity contribution < 1.29 is 13.9 Å². The molecule has 0 unspecified atom stereocenters. The number of benzene rings is 2. The summed E-state index contributed by atoms with van der Waals surface area (Å²) in [6.07, 6.45) is 1.45. The molecule has 0 saturated carbocycles. The first-order valence-electron chi connectivity index (χ1n) is 5.88. The van der Waals surface area contributed by atoms with Crippen molar-refractivity contribution in [2.24, 2.45) is 0 Å². The summed E-state index contributed by atoms with van der Waals surface area (Å²) in [7, 11) is 3.24. The van der Waals surface area contributed by atoms with Gasteiger partial charge in [-0.15, -0.1) is 0 Å². The molecular formula is C15H13NO3. The molecule has 4 nitrogen and oxygen atoms in total. The molecule has 3 aromatic rings. The zero-order valence-corrected chi connectivity index (χ0v) is 10.7. The van der Waals surface area contributed by atoms with Crippen molar-refractivity contribution in [3.63, 3.8) is 0 Å². The topological polar surface area (TPSA) is 44.5 Å². The molecule has 0 amide bonds. The fourth-order valence-electron chi connectivity index (χ4n) is 2.12. The summed E-state index contributed by atoms with van der Waals surface area (Å²) in [5, 5.41) is 0. The maximum atomic E-state index is 5.32. The molecule has 19 heavy (non-hydrogen) atoms. The predicted octanol–water partition coefficient (Wildman–Crippen LogP) is 3.51. The maximum Gasteiger partial charge on any atom is 0.182 e. The van der Waals surface area contributed by atoms with Gasteiger partial charge >= 0.3 is 0 Å². The number of oxazole rings is 1. The van der Waals surface area contributed by atoms with Crippen molar-refractivity contribution in [2.75, 3.05) is 14.2 Å². The van der Waals surface area contributed by atoms with E-state index < -0.39 is 0 Å². The first kappa shape index (κ1) is 11.6. The van der Waals surface area contributed by atoms with Gasteiger partial charge in [0.05, 0.1) is 14.2 Å². The minimum Gasteiger partial charge on any atom is -0.493 e. The second-order valence-corrected chi connectivity index (χ2v) is 4.07. The average Bonchev–Trinajstić information content (AvgIpc) is 2.94. The normalized spacial score (nSPS) is 10.6. The van der Waals surface area contributed by atoms with E-state index in [2.05, 4.69) is 4.98 Å². The van der Waals surface area contributed by atoms with Crippen LogP contribution in [0, 0.1) is 0 Å². The van der Waals surface area contributed by atoms with Crippen LogP contribution in [-0.4, -0.2) is 19.2 Å². The van der Waals surface area contributed by atoms with Crippen LogP contribution in [0.25, 0.3) is 22.2 Å². The quantitative estimate of drug-likeness (QED) is 0.718. The number of methoxy groups -OCH3 is 2. The fraction of sp³-hybridized carbons (Fsp3) is 0.133. The highest BCUT2D eigenvalue weighted by Gasteiger charge is 2.10. The molecule has 3 rings (SSSR count). The van der Waals surface area contributed by atoms with Gasteiger partial charge in [0, 0.05) is 5.56 Å². The van der Waals surface area contributed by atoms with E-state index in [4.69, 9.17) is 13.9 Å². The van der Waals surface area contributed by atoms with Crippen molar-refractivity contribution in [1.82, 2.24) is 4.98 Å². The van der Waals surface area contributed by atoms with Crippen LogP contribution in [0.1, 0.15) is 0 Å². The van der Waals surface area contributed by atoms with E-state index in [9.17, 15) is 0 Å². The number of hydrogen-bond acceptors (Lipinski definition) is 4. The van der Waals surface area contributed by atoms with Crippen LogP contribution in [0.2, 0.25) is 0 Å². The van der Waals surface area contributed by atoms with Crippen molar-refractivity contribution in [3.8, 4) is 22.6 Å². The maximum absolute atomic E-state index is 5.32. The van der Waals surface area contributed by atoms with Gasteiger partial charge in [-0.1, -0.05) is 18.2 Å². The van der Waals surface area contributed by atoms with Crippen molar-refractivity contribution in [3.05, 3.63) is 42.8 Å². The Morgan fingerprint density at radius 1 is 1.00 bits per heavy atom. The Kier molecular flexibility index (Phi) is 2.83. The number of ether oxygens (including phenoxy) is 2. The van der Waals surface area contributed by atoms with Gasteiger partial charge in [-0.05, 0) is 23.8 Å². The average molecular weight is 255 g/mol. The third-order valence-electron chi connectivity index (χ3n) is 3.06. The van der Waals surface area contributed by atoms with Gasteiger partial charge in [-0.2, -0.15) is 0 Å². The van der Waals surface area contributed by atoms with Crippen molar-refractivity contribution in [1.29, 1.82) is 0 Å². The number of hydrogen-bond donors (Lipinski definition) is 0. The molecule has 0 atom stereocenters. The molecule has 0 fully saturated rings. The van der Waals surface area contributed by atoms with E-state index in [1.807, 2.05) is 36.4 Å². The lowest BCUT2D eigenvalue weighted by atomic mass is 10.0. The third kappa shape index (κ3) is 1.91. The van der Waals surface area contributed by atoms with Crippen LogP contribution in [0.3, 0.4) is 0 Å². The van der Waals surface area contributed by atoms with Crippen LogP contribution >= 0.6 is 0 Å². The Morgan fingerprint density at radius 3 is 2.63 bits per heavy atom.